The number of nitrogens with zero attached hydrogens (tertiary/aromatic N) is 4. The van der Waals surface area contributed by atoms with E-state index < -0.39 is 5.54 Å². The highest BCUT2D eigenvalue weighted by molar-refractivity contribution is 5.25. The fourth-order valence-electron chi connectivity index (χ4n) is 1.91. The van der Waals surface area contributed by atoms with Crippen molar-refractivity contribution >= 4 is 0 Å². The van der Waals surface area contributed by atoms with E-state index >= 15 is 0 Å². The van der Waals surface area contributed by atoms with Gasteiger partial charge in [-0.2, -0.15) is 4.80 Å². The molecule has 0 spiro atoms. The van der Waals surface area contributed by atoms with Crippen LogP contribution in [0, 0.1) is 5.82 Å². The first-order valence-electron chi connectivity index (χ1n) is 5.81. The summed E-state index contributed by atoms with van der Waals surface area (Å²) in [5, 5.41) is 11.8. The molecule has 1 unspecified atom stereocenters. The van der Waals surface area contributed by atoms with Crippen molar-refractivity contribution in [3.63, 3.8) is 0 Å². The van der Waals surface area contributed by atoms with Gasteiger partial charge in [-0.25, -0.2) is 4.39 Å². The second kappa shape index (κ2) is 4.81. The highest BCUT2D eigenvalue weighted by Crippen LogP contribution is 2.25. The highest BCUT2D eigenvalue weighted by atomic mass is 19.1. The molecule has 0 aliphatic carbocycles. The molecular formula is C12H16FN5. The predicted octanol–water partition coefficient (Wildman–Crippen LogP) is 1.16. The largest absolute Gasteiger partial charge is 0.321 e. The van der Waals surface area contributed by atoms with Crippen molar-refractivity contribution in [1.29, 1.82) is 0 Å². The standard InChI is InChI=1S/C12H16FN5/c1-3-12(14,8-11-15-17-18(2)16-11)9-5-4-6-10(13)7-9/h4-7H,3,8,14H2,1-2H3. The first-order chi connectivity index (χ1) is 8.53. The van der Waals surface area contributed by atoms with Gasteiger partial charge in [-0.05, 0) is 29.3 Å². The Morgan fingerprint density at radius 2 is 2.22 bits per heavy atom. The summed E-state index contributed by atoms with van der Waals surface area (Å²) in [7, 11) is 1.70. The number of halogens is 1. The summed E-state index contributed by atoms with van der Waals surface area (Å²) in [6, 6.07) is 6.34. The van der Waals surface area contributed by atoms with E-state index in [-0.39, 0.29) is 5.82 Å². The van der Waals surface area contributed by atoms with Crippen molar-refractivity contribution in [1.82, 2.24) is 20.2 Å². The monoisotopic (exact) mass is 249 g/mol. The van der Waals surface area contributed by atoms with Gasteiger partial charge in [-0.3, -0.25) is 0 Å². The Balaban J connectivity index is 2.30. The molecule has 1 aromatic heterocycles. The number of tetrazole rings is 1. The Morgan fingerprint density at radius 1 is 1.44 bits per heavy atom. The third-order valence-corrected chi connectivity index (χ3v) is 3.05. The van der Waals surface area contributed by atoms with Crippen LogP contribution in [0.15, 0.2) is 24.3 Å². The summed E-state index contributed by atoms with van der Waals surface area (Å²) in [4.78, 5) is 1.39. The van der Waals surface area contributed by atoms with Gasteiger partial charge in [-0.1, -0.05) is 19.1 Å². The summed E-state index contributed by atoms with van der Waals surface area (Å²) in [6.45, 7) is 1.96. The van der Waals surface area contributed by atoms with Gasteiger partial charge in [0.1, 0.15) is 5.82 Å². The zero-order chi connectivity index (χ0) is 13.2. The van der Waals surface area contributed by atoms with E-state index in [0.29, 0.717) is 18.7 Å². The van der Waals surface area contributed by atoms with E-state index in [4.69, 9.17) is 5.73 Å². The van der Waals surface area contributed by atoms with Crippen LogP contribution in [0.25, 0.3) is 0 Å². The van der Waals surface area contributed by atoms with Gasteiger partial charge in [0, 0.05) is 12.0 Å². The van der Waals surface area contributed by atoms with Crippen LogP contribution in [0.5, 0.6) is 0 Å². The lowest BCUT2D eigenvalue weighted by molar-refractivity contribution is 0.412. The molecule has 6 heteroatoms. The third-order valence-electron chi connectivity index (χ3n) is 3.05. The maximum Gasteiger partial charge on any atom is 0.176 e. The fraction of sp³-hybridized carbons (Fsp3) is 0.417. The topological polar surface area (TPSA) is 69.6 Å². The summed E-state index contributed by atoms with van der Waals surface area (Å²) in [5.74, 6) is 0.272. The van der Waals surface area contributed by atoms with Gasteiger partial charge in [0.15, 0.2) is 5.82 Å². The average Bonchev–Trinajstić information content (AvgIpc) is 2.74. The summed E-state index contributed by atoms with van der Waals surface area (Å²) < 4.78 is 13.3. The Morgan fingerprint density at radius 3 is 2.78 bits per heavy atom. The molecule has 2 aromatic rings. The maximum absolute atomic E-state index is 13.3. The number of benzene rings is 1. The summed E-state index contributed by atoms with van der Waals surface area (Å²) in [6.07, 6.45) is 1.09. The van der Waals surface area contributed by atoms with Gasteiger partial charge in [0.2, 0.25) is 0 Å². The van der Waals surface area contributed by atoms with E-state index in [1.54, 1.807) is 13.1 Å². The number of rotatable bonds is 4. The van der Waals surface area contributed by atoms with E-state index in [9.17, 15) is 4.39 Å². The van der Waals surface area contributed by atoms with E-state index in [2.05, 4.69) is 15.4 Å². The molecule has 18 heavy (non-hydrogen) atoms. The molecule has 0 fully saturated rings. The normalized spacial score (nSPS) is 14.4. The minimum absolute atomic E-state index is 0.289. The van der Waals surface area contributed by atoms with Crippen molar-refractivity contribution in [2.24, 2.45) is 12.8 Å². The molecule has 0 amide bonds. The number of hydrogen-bond acceptors (Lipinski definition) is 4. The molecule has 0 aliphatic heterocycles. The van der Waals surface area contributed by atoms with E-state index in [1.807, 2.05) is 13.0 Å². The number of aryl methyl sites for hydroxylation is 1. The molecule has 0 saturated carbocycles. The van der Waals surface area contributed by atoms with Gasteiger partial charge < -0.3 is 5.73 Å². The average molecular weight is 249 g/mol. The third kappa shape index (κ3) is 2.53. The molecule has 2 rings (SSSR count). The second-order valence-electron chi connectivity index (χ2n) is 4.39. The zero-order valence-electron chi connectivity index (χ0n) is 10.5. The van der Waals surface area contributed by atoms with Crippen molar-refractivity contribution in [3.8, 4) is 0 Å². The van der Waals surface area contributed by atoms with Crippen LogP contribution in [0.1, 0.15) is 24.7 Å². The molecule has 0 bridgehead atoms. The Kier molecular flexibility index (Phi) is 3.38. The molecule has 1 atom stereocenters. The molecular weight excluding hydrogens is 233 g/mol. The second-order valence-corrected chi connectivity index (χ2v) is 4.39. The first-order valence-corrected chi connectivity index (χ1v) is 5.81. The molecule has 0 aliphatic rings. The van der Waals surface area contributed by atoms with Crippen molar-refractivity contribution in [2.45, 2.75) is 25.3 Å². The molecule has 96 valence electrons. The van der Waals surface area contributed by atoms with Crippen LogP contribution in [0.4, 0.5) is 4.39 Å². The van der Waals surface area contributed by atoms with Crippen LogP contribution in [-0.4, -0.2) is 20.2 Å². The molecule has 2 N–H and O–H groups in total. The van der Waals surface area contributed by atoms with Crippen LogP contribution in [0.2, 0.25) is 0 Å². The van der Waals surface area contributed by atoms with Crippen LogP contribution >= 0.6 is 0 Å². The van der Waals surface area contributed by atoms with Crippen molar-refractivity contribution in [2.75, 3.05) is 0 Å². The molecule has 0 radical (unpaired) electrons. The van der Waals surface area contributed by atoms with Gasteiger partial charge in [0.25, 0.3) is 0 Å². The minimum Gasteiger partial charge on any atom is -0.321 e. The lowest BCUT2D eigenvalue weighted by Crippen LogP contribution is -2.38. The zero-order valence-corrected chi connectivity index (χ0v) is 10.5. The lowest BCUT2D eigenvalue weighted by Gasteiger charge is -2.27. The smallest absolute Gasteiger partial charge is 0.176 e. The van der Waals surface area contributed by atoms with Gasteiger partial charge >= 0.3 is 0 Å². The SMILES string of the molecule is CCC(N)(Cc1nnn(C)n1)c1cccc(F)c1. The number of aromatic nitrogens is 4. The first kappa shape index (κ1) is 12.6. The molecule has 1 heterocycles. The minimum atomic E-state index is -0.675. The van der Waals surface area contributed by atoms with Crippen LogP contribution in [-0.2, 0) is 19.0 Å². The van der Waals surface area contributed by atoms with Crippen LogP contribution < -0.4 is 5.73 Å². The predicted molar refractivity (Wildman–Crippen MR) is 65.1 cm³/mol. The quantitative estimate of drug-likeness (QED) is 0.882. The van der Waals surface area contributed by atoms with E-state index in [1.165, 1.54) is 16.9 Å². The van der Waals surface area contributed by atoms with Crippen molar-refractivity contribution < 1.29 is 4.39 Å². The number of hydrogen-bond donors (Lipinski definition) is 1. The molecule has 1 aromatic carbocycles. The fourth-order valence-corrected chi connectivity index (χ4v) is 1.91. The summed E-state index contributed by atoms with van der Waals surface area (Å²) in [5.41, 5.74) is 6.42. The van der Waals surface area contributed by atoms with Crippen molar-refractivity contribution in [3.05, 3.63) is 41.5 Å². The molecule has 5 nitrogen and oxygen atoms in total. The maximum atomic E-state index is 13.3. The Labute approximate surface area is 105 Å². The number of nitrogens with two attached hydrogens (primary N) is 1. The summed E-state index contributed by atoms with van der Waals surface area (Å²) >= 11 is 0. The highest BCUT2D eigenvalue weighted by Gasteiger charge is 2.28. The van der Waals surface area contributed by atoms with Crippen LogP contribution in [0.3, 0.4) is 0 Å². The lowest BCUT2D eigenvalue weighted by atomic mass is 9.85. The molecule has 0 saturated heterocycles. The van der Waals surface area contributed by atoms with Gasteiger partial charge in [0.05, 0.1) is 7.05 Å². The Bertz CT molecular complexity index is 539. The van der Waals surface area contributed by atoms with Gasteiger partial charge in [-0.15, -0.1) is 10.2 Å². The Hall–Kier alpha value is -1.82. The van der Waals surface area contributed by atoms with E-state index in [0.717, 1.165) is 5.56 Å².